The molecular formula is C14H11F6NO3S. The first-order chi connectivity index (χ1) is 11.4. The standard InChI is InChI=1S/C14H11F6NO3S/c1-6-3-7(2)10(25(22,23)13(17)12(15)16)4-8(6)9-5-11(24-21-9)14(18,19)20/h3-5,12-13H,1-2H3. The number of hydrogen-bond acceptors (Lipinski definition) is 4. The molecule has 0 aliphatic heterocycles. The fourth-order valence-electron chi connectivity index (χ4n) is 2.21. The molecule has 1 unspecified atom stereocenters. The number of nitrogens with zero attached hydrogens (tertiary/aromatic N) is 1. The predicted octanol–water partition coefficient (Wildman–Crippen LogP) is 4.31. The van der Waals surface area contributed by atoms with Crippen LogP contribution in [0.4, 0.5) is 26.3 Å². The van der Waals surface area contributed by atoms with Crippen LogP contribution < -0.4 is 0 Å². The van der Waals surface area contributed by atoms with Crippen LogP contribution in [0.1, 0.15) is 16.9 Å². The summed E-state index contributed by atoms with van der Waals surface area (Å²) in [6, 6.07) is 2.57. The van der Waals surface area contributed by atoms with Crippen LogP contribution in [0, 0.1) is 13.8 Å². The molecule has 138 valence electrons. The minimum atomic E-state index is -5.04. The zero-order valence-electron chi connectivity index (χ0n) is 12.7. The van der Waals surface area contributed by atoms with E-state index in [2.05, 4.69) is 9.68 Å². The molecule has 25 heavy (non-hydrogen) atoms. The van der Waals surface area contributed by atoms with E-state index in [1.165, 1.54) is 19.9 Å². The fraction of sp³-hybridized carbons (Fsp3) is 0.357. The number of benzene rings is 1. The lowest BCUT2D eigenvalue weighted by molar-refractivity contribution is -0.155. The Morgan fingerprint density at radius 1 is 1.04 bits per heavy atom. The molecule has 2 rings (SSSR count). The molecule has 1 aromatic carbocycles. The Balaban J connectivity index is 2.61. The van der Waals surface area contributed by atoms with Crippen molar-refractivity contribution < 1.29 is 39.3 Å². The number of rotatable bonds is 4. The summed E-state index contributed by atoms with van der Waals surface area (Å²) >= 11 is 0. The third-order valence-electron chi connectivity index (χ3n) is 3.39. The second-order valence-electron chi connectivity index (χ2n) is 5.24. The Bertz CT molecular complexity index is 888. The van der Waals surface area contributed by atoms with Crippen molar-refractivity contribution in [1.82, 2.24) is 5.16 Å². The van der Waals surface area contributed by atoms with Crippen molar-refractivity contribution in [2.75, 3.05) is 0 Å². The molecule has 4 nitrogen and oxygen atoms in total. The summed E-state index contributed by atoms with van der Waals surface area (Å²) in [7, 11) is -5.04. The monoisotopic (exact) mass is 387 g/mol. The molecule has 2 aromatic rings. The molecule has 1 heterocycles. The van der Waals surface area contributed by atoms with Gasteiger partial charge in [-0.25, -0.2) is 21.6 Å². The SMILES string of the molecule is Cc1cc(C)c(S(=O)(=O)C(F)C(F)F)cc1-c1cc(C(F)(F)F)on1. The van der Waals surface area contributed by atoms with E-state index in [0.29, 0.717) is 11.6 Å². The summed E-state index contributed by atoms with van der Waals surface area (Å²) in [4.78, 5) is -0.752. The van der Waals surface area contributed by atoms with Gasteiger partial charge in [0.15, 0.2) is 0 Å². The van der Waals surface area contributed by atoms with E-state index in [1.54, 1.807) is 0 Å². The van der Waals surface area contributed by atoms with Crippen LogP contribution in [0.5, 0.6) is 0 Å². The predicted molar refractivity (Wildman–Crippen MR) is 74.5 cm³/mol. The third-order valence-corrected chi connectivity index (χ3v) is 5.24. The minimum absolute atomic E-state index is 0.0240. The van der Waals surface area contributed by atoms with E-state index < -0.39 is 38.6 Å². The van der Waals surface area contributed by atoms with Crippen LogP contribution >= 0.6 is 0 Å². The van der Waals surface area contributed by atoms with Crippen LogP contribution in [0.15, 0.2) is 27.6 Å². The number of halogens is 6. The van der Waals surface area contributed by atoms with E-state index in [9.17, 15) is 34.8 Å². The summed E-state index contributed by atoms with van der Waals surface area (Å²) in [6.07, 6.45) is -8.57. The van der Waals surface area contributed by atoms with Crippen molar-refractivity contribution in [1.29, 1.82) is 0 Å². The topological polar surface area (TPSA) is 60.2 Å². The Kier molecular flexibility index (Phi) is 4.90. The maximum atomic E-state index is 13.4. The van der Waals surface area contributed by atoms with E-state index >= 15 is 0 Å². The lowest BCUT2D eigenvalue weighted by Gasteiger charge is -2.14. The summed E-state index contributed by atoms with van der Waals surface area (Å²) < 4.78 is 104. The van der Waals surface area contributed by atoms with Gasteiger partial charge in [-0.2, -0.15) is 13.2 Å². The molecule has 0 bridgehead atoms. The minimum Gasteiger partial charge on any atom is -0.351 e. The molecule has 0 aliphatic carbocycles. The Hall–Kier alpha value is -2.04. The first-order valence-corrected chi connectivity index (χ1v) is 8.22. The summed E-state index contributed by atoms with van der Waals surface area (Å²) in [5.41, 5.74) is -3.63. The number of alkyl halides is 6. The van der Waals surface area contributed by atoms with Crippen LogP contribution in [0.3, 0.4) is 0 Å². The summed E-state index contributed by atoms with van der Waals surface area (Å²) in [5.74, 6) is -1.41. The normalized spacial score (nSPS) is 14.1. The smallest absolute Gasteiger partial charge is 0.351 e. The summed E-state index contributed by atoms with van der Waals surface area (Å²) in [5, 5.41) is 3.21. The van der Waals surface area contributed by atoms with Crippen molar-refractivity contribution in [3.63, 3.8) is 0 Å². The highest BCUT2D eigenvalue weighted by atomic mass is 32.2. The van der Waals surface area contributed by atoms with Crippen LogP contribution in [0.2, 0.25) is 0 Å². The molecule has 11 heteroatoms. The molecule has 0 fully saturated rings. The Morgan fingerprint density at radius 3 is 2.12 bits per heavy atom. The van der Waals surface area contributed by atoms with Gasteiger partial charge in [-0.05, 0) is 31.0 Å². The average Bonchev–Trinajstić information content (AvgIpc) is 2.95. The van der Waals surface area contributed by atoms with Gasteiger partial charge in [0, 0.05) is 11.6 Å². The van der Waals surface area contributed by atoms with Crippen LogP contribution in [0.25, 0.3) is 11.3 Å². The van der Waals surface area contributed by atoms with E-state index in [-0.39, 0.29) is 16.8 Å². The van der Waals surface area contributed by atoms with Gasteiger partial charge in [0.25, 0.3) is 11.9 Å². The van der Waals surface area contributed by atoms with E-state index in [4.69, 9.17) is 0 Å². The first-order valence-electron chi connectivity index (χ1n) is 6.67. The van der Waals surface area contributed by atoms with Gasteiger partial charge < -0.3 is 4.52 Å². The molecular weight excluding hydrogens is 376 g/mol. The first kappa shape index (κ1) is 19.3. The van der Waals surface area contributed by atoms with E-state index in [0.717, 1.165) is 6.07 Å². The van der Waals surface area contributed by atoms with Crippen LogP contribution in [-0.2, 0) is 16.0 Å². The van der Waals surface area contributed by atoms with Crippen molar-refractivity contribution in [3.05, 3.63) is 35.1 Å². The van der Waals surface area contributed by atoms with Crippen molar-refractivity contribution in [3.8, 4) is 11.3 Å². The zero-order valence-corrected chi connectivity index (χ0v) is 13.6. The van der Waals surface area contributed by atoms with Gasteiger partial charge in [-0.1, -0.05) is 11.2 Å². The molecule has 0 radical (unpaired) electrons. The number of aromatic nitrogens is 1. The highest BCUT2D eigenvalue weighted by molar-refractivity contribution is 7.92. The van der Waals surface area contributed by atoms with Crippen molar-refractivity contribution >= 4 is 9.84 Å². The molecule has 0 saturated carbocycles. The Morgan fingerprint density at radius 2 is 1.64 bits per heavy atom. The van der Waals surface area contributed by atoms with Crippen molar-refractivity contribution in [2.45, 2.75) is 36.8 Å². The molecule has 0 spiro atoms. The largest absolute Gasteiger partial charge is 0.452 e. The zero-order chi connectivity index (χ0) is 19.2. The molecule has 0 N–H and O–H groups in total. The second-order valence-corrected chi connectivity index (χ2v) is 7.22. The lowest BCUT2D eigenvalue weighted by Crippen LogP contribution is -2.25. The maximum Gasteiger partial charge on any atom is 0.452 e. The molecule has 0 amide bonds. The average molecular weight is 387 g/mol. The maximum absolute atomic E-state index is 13.4. The molecule has 0 aliphatic rings. The van der Waals surface area contributed by atoms with Crippen molar-refractivity contribution in [2.24, 2.45) is 0 Å². The third kappa shape index (κ3) is 3.65. The number of sulfone groups is 1. The Labute approximate surface area is 138 Å². The van der Waals surface area contributed by atoms with Gasteiger partial charge >= 0.3 is 6.18 Å². The van der Waals surface area contributed by atoms with Crippen LogP contribution in [-0.4, -0.2) is 25.5 Å². The van der Waals surface area contributed by atoms with Gasteiger partial charge in [-0.15, -0.1) is 0 Å². The lowest BCUT2D eigenvalue weighted by atomic mass is 10.0. The van der Waals surface area contributed by atoms with Gasteiger partial charge in [0.05, 0.1) is 4.90 Å². The van der Waals surface area contributed by atoms with Gasteiger partial charge in [0.2, 0.25) is 15.6 Å². The molecule has 1 aromatic heterocycles. The number of aryl methyl sites for hydroxylation is 2. The van der Waals surface area contributed by atoms with Gasteiger partial charge in [-0.3, -0.25) is 0 Å². The highest BCUT2D eigenvalue weighted by Gasteiger charge is 2.38. The highest BCUT2D eigenvalue weighted by Crippen LogP contribution is 2.35. The fourth-order valence-corrected chi connectivity index (χ4v) is 3.51. The quantitative estimate of drug-likeness (QED) is 0.734. The van der Waals surface area contributed by atoms with Gasteiger partial charge in [0.1, 0.15) is 5.69 Å². The molecule has 0 saturated heterocycles. The summed E-state index contributed by atoms with van der Waals surface area (Å²) in [6.45, 7) is 2.70. The molecule has 1 atom stereocenters. The number of hydrogen-bond donors (Lipinski definition) is 0. The second kappa shape index (κ2) is 6.36. The van der Waals surface area contributed by atoms with E-state index in [1.807, 2.05) is 0 Å².